The Labute approximate surface area is 125 Å². The minimum atomic E-state index is 0.528. The van der Waals surface area contributed by atoms with Gasteiger partial charge in [0.2, 0.25) is 0 Å². The van der Waals surface area contributed by atoms with Crippen molar-refractivity contribution in [2.45, 2.75) is 56.4 Å². The van der Waals surface area contributed by atoms with E-state index in [0.29, 0.717) is 5.92 Å². The third-order valence-electron chi connectivity index (χ3n) is 4.30. The standard InChI is InChI=1S/C17H20N2S/c1-2-20-17-14(11-18)16(12-7-4-3-5-8-12)13-9-6-10-15(13)19-17/h3-4,12H,2,5-10H2,1H3/t12-/m1/s1. The second-order valence-electron chi connectivity index (χ2n) is 5.51. The zero-order valence-electron chi connectivity index (χ0n) is 12.0. The molecular weight excluding hydrogens is 264 g/mol. The minimum Gasteiger partial charge on any atom is -0.245 e. The second-order valence-corrected chi connectivity index (χ2v) is 6.76. The van der Waals surface area contributed by atoms with Gasteiger partial charge in [0.1, 0.15) is 11.1 Å². The van der Waals surface area contributed by atoms with Crippen molar-refractivity contribution in [2.24, 2.45) is 0 Å². The summed E-state index contributed by atoms with van der Waals surface area (Å²) >= 11 is 1.72. The summed E-state index contributed by atoms with van der Waals surface area (Å²) in [6, 6.07) is 2.47. The topological polar surface area (TPSA) is 36.7 Å². The molecule has 1 atom stereocenters. The Morgan fingerprint density at radius 2 is 2.30 bits per heavy atom. The lowest BCUT2D eigenvalue weighted by Crippen LogP contribution is -2.10. The van der Waals surface area contributed by atoms with Crippen LogP contribution in [0.2, 0.25) is 0 Å². The normalized spacial score (nSPS) is 20.7. The van der Waals surface area contributed by atoms with Gasteiger partial charge in [-0.25, -0.2) is 4.98 Å². The number of nitrogens with zero attached hydrogens (tertiary/aromatic N) is 2. The van der Waals surface area contributed by atoms with E-state index in [2.05, 4.69) is 25.1 Å². The molecule has 2 aliphatic carbocycles. The summed E-state index contributed by atoms with van der Waals surface area (Å²) in [5.74, 6) is 1.51. The molecule has 3 rings (SSSR count). The van der Waals surface area contributed by atoms with Crippen LogP contribution >= 0.6 is 11.8 Å². The smallest absolute Gasteiger partial charge is 0.114 e. The molecule has 0 radical (unpaired) electrons. The SMILES string of the molecule is CCSc1nc2c(c([C@@H]3CC=CCC3)c1C#N)CCC2. The highest BCUT2D eigenvalue weighted by Gasteiger charge is 2.27. The monoisotopic (exact) mass is 284 g/mol. The number of pyridine rings is 1. The highest BCUT2D eigenvalue weighted by molar-refractivity contribution is 7.99. The van der Waals surface area contributed by atoms with Gasteiger partial charge in [0.15, 0.2) is 0 Å². The van der Waals surface area contributed by atoms with E-state index in [1.807, 2.05) is 0 Å². The van der Waals surface area contributed by atoms with E-state index >= 15 is 0 Å². The van der Waals surface area contributed by atoms with Crippen LogP contribution in [0.1, 0.15) is 60.9 Å². The van der Waals surface area contributed by atoms with Crippen molar-refractivity contribution in [3.05, 3.63) is 34.5 Å². The summed E-state index contributed by atoms with van der Waals surface area (Å²) in [4.78, 5) is 4.79. The molecular formula is C17H20N2S. The van der Waals surface area contributed by atoms with Gasteiger partial charge in [0, 0.05) is 5.69 Å². The van der Waals surface area contributed by atoms with Gasteiger partial charge < -0.3 is 0 Å². The maximum atomic E-state index is 9.67. The first kappa shape index (κ1) is 13.7. The fourth-order valence-corrected chi connectivity index (χ4v) is 4.19. The summed E-state index contributed by atoms with van der Waals surface area (Å²) < 4.78 is 0. The fourth-order valence-electron chi connectivity index (χ4n) is 3.44. The number of fused-ring (bicyclic) bond motifs is 1. The first-order valence-electron chi connectivity index (χ1n) is 7.58. The van der Waals surface area contributed by atoms with E-state index in [1.165, 1.54) is 29.7 Å². The molecule has 1 aromatic rings. The highest BCUT2D eigenvalue weighted by Crippen LogP contribution is 2.40. The predicted octanol–water partition coefficient (Wildman–Crippen LogP) is 4.38. The van der Waals surface area contributed by atoms with Crippen molar-refractivity contribution in [2.75, 3.05) is 5.75 Å². The Morgan fingerprint density at radius 1 is 1.40 bits per heavy atom. The molecule has 2 aliphatic rings. The molecule has 0 saturated heterocycles. The summed E-state index contributed by atoms with van der Waals surface area (Å²) in [6.07, 6.45) is 11.4. The van der Waals surface area contributed by atoms with Crippen LogP contribution in [0, 0.1) is 11.3 Å². The summed E-state index contributed by atoms with van der Waals surface area (Å²) in [6.45, 7) is 2.13. The molecule has 0 aromatic carbocycles. The molecule has 20 heavy (non-hydrogen) atoms. The maximum absolute atomic E-state index is 9.67. The molecule has 0 fully saturated rings. The number of hydrogen-bond acceptors (Lipinski definition) is 3. The Hall–Kier alpha value is -1.27. The van der Waals surface area contributed by atoms with E-state index in [0.717, 1.165) is 42.0 Å². The zero-order chi connectivity index (χ0) is 13.9. The van der Waals surface area contributed by atoms with Crippen molar-refractivity contribution >= 4 is 11.8 Å². The molecule has 104 valence electrons. The van der Waals surface area contributed by atoms with Crippen molar-refractivity contribution in [3.63, 3.8) is 0 Å². The van der Waals surface area contributed by atoms with Gasteiger partial charge in [-0.1, -0.05) is 19.1 Å². The van der Waals surface area contributed by atoms with Crippen LogP contribution in [0.5, 0.6) is 0 Å². The van der Waals surface area contributed by atoms with E-state index in [4.69, 9.17) is 4.98 Å². The minimum absolute atomic E-state index is 0.528. The third-order valence-corrected chi connectivity index (χ3v) is 5.16. The Balaban J connectivity index is 2.14. The van der Waals surface area contributed by atoms with Crippen molar-refractivity contribution in [3.8, 4) is 6.07 Å². The van der Waals surface area contributed by atoms with Gasteiger partial charge in [-0.05, 0) is 61.3 Å². The van der Waals surface area contributed by atoms with Crippen molar-refractivity contribution in [1.29, 1.82) is 5.26 Å². The fraction of sp³-hybridized carbons (Fsp3) is 0.529. The molecule has 0 saturated carbocycles. The number of aryl methyl sites for hydroxylation is 1. The second kappa shape index (κ2) is 6.01. The maximum Gasteiger partial charge on any atom is 0.114 e. The van der Waals surface area contributed by atoms with Crippen LogP contribution in [-0.4, -0.2) is 10.7 Å². The molecule has 3 heteroatoms. The molecule has 0 spiro atoms. The number of rotatable bonds is 3. The van der Waals surface area contributed by atoms with Crippen LogP contribution in [0.15, 0.2) is 17.2 Å². The molecule has 2 nitrogen and oxygen atoms in total. The van der Waals surface area contributed by atoms with Crippen molar-refractivity contribution < 1.29 is 0 Å². The van der Waals surface area contributed by atoms with Gasteiger partial charge in [-0.15, -0.1) is 11.8 Å². The van der Waals surface area contributed by atoms with Gasteiger partial charge in [-0.3, -0.25) is 0 Å². The predicted molar refractivity (Wildman–Crippen MR) is 83.1 cm³/mol. The van der Waals surface area contributed by atoms with Crippen LogP contribution in [0.3, 0.4) is 0 Å². The lowest BCUT2D eigenvalue weighted by atomic mass is 9.83. The first-order valence-corrected chi connectivity index (χ1v) is 8.57. The molecule has 0 aliphatic heterocycles. The molecule has 0 N–H and O–H groups in total. The van der Waals surface area contributed by atoms with Crippen molar-refractivity contribution in [1.82, 2.24) is 4.98 Å². The molecule has 0 bridgehead atoms. The number of allylic oxidation sites excluding steroid dienone is 2. The lowest BCUT2D eigenvalue weighted by molar-refractivity contribution is 0.607. The average molecular weight is 284 g/mol. The molecule has 0 amide bonds. The lowest BCUT2D eigenvalue weighted by Gasteiger charge is -2.23. The average Bonchev–Trinajstić information content (AvgIpc) is 2.95. The van der Waals surface area contributed by atoms with Gasteiger partial charge in [0.25, 0.3) is 0 Å². The number of aromatic nitrogens is 1. The van der Waals surface area contributed by atoms with Crippen LogP contribution < -0.4 is 0 Å². The molecule has 0 unspecified atom stereocenters. The van der Waals surface area contributed by atoms with Gasteiger partial charge in [-0.2, -0.15) is 5.26 Å². The Kier molecular flexibility index (Phi) is 4.12. The quantitative estimate of drug-likeness (QED) is 0.610. The summed E-state index contributed by atoms with van der Waals surface area (Å²) in [5, 5.41) is 10.6. The zero-order valence-corrected chi connectivity index (χ0v) is 12.8. The van der Waals surface area contributed by atoms with E-state index in [-0.39, 0.29) is 0 Å². The van der Waals surface area contributed by atoms with E-state index < -0.39 is 0 Å². The largest absolute Gasteiger partial charge is 0.245 e. The summed E-state index contributed by atoms with van der Waals surface area (Å²) in [5.41, 5.74) is 4.89. The molecule has 1 aromatic heterocycles. The third kappa shape index (κ3) is 2.38. The first-order chi connectivity index (χ1) is 9.85. The van der Waals surface area contributed by atoms with Crippen LogP contribution in [0.4, 0.5) is 0 Å². The molecule has 1 heterocycles. The Bertz CT molecular complexity index is 584. The van der Waals surface area contributed by atoms with Crippen LogP contribution in [0.25, 0.3) is 0 Å². The highest BCUT2D eigenvalue weighted by atomic mass is 32.2. The van der Waals surface area contributed by atoms with Gasteiger partial charge >= 0.3 is 0 Å². The number of thioether (sulfide) groups is 1. The van der Waals surface area contributed by atoms with Crippen LogP contribution in [-0.2, 0) is 12.8 Å². The number of nitriles is 1. The van der Waals surface area contributed by atoms with Gasteiger partial charge in [0.05, 0.1) is 5.56 Å². The number of hydrogen-bond donors (Lipinski definition) is 0. The Morgan fingerprint density at radius 3 is 3.00 bits per heavy atom. The van der Waals surface area contributed by atoms with E-state index in [1.54, 1.807) is 11.8 Å². The summed E-state index contributed by atoms with van der Waals surface area (Å²) in [7, 11) is 0. The van der Waals surface area contributed by atoms with E-state index in [9.17, 15) is 5.26 Å².